The summed E-state index contributed by atoms with van der Waals surface area (Å²) in [5.74, 6) is 0.484. The maximum atomic E-state index is 8.60. The van der Waals surface area contributed by atoms with Gasteiger partial charge in [-0.1, -0.05) is 25.4 Å². The smallest absolute Gasteiger partial charge is 0.143 e. The molecule has 1 heterocycles. The molecule has 15 heavy (non-hydrogen) atoms. The zero-order valence-corrected chi connectivity index (χ0v) is 9.82. The molecular formula is C11H23N3O. The highest BCUT2D eigenvalue weighted by molar-refractivity contribution is 5.82. The lowest BCUT2D eigenvalue weighted by Gasteiger charge is -2.36. The largest absolute Gasteiger partial charge is 0.409 e. The minimum atomic E-state index is 0.141. The summed E-state index contributed by atoms with van der Waals surface area (Å²) in [6.07, 6.45) is 5.11. The van der Waals surface area contributed by atoms with E-state index < -0.39 is 0 Å². The molecule has 0 amide bonds. The summed E-state index contributed by atoms with van der Waals surface area (Å²) < 4.78 is 0. The molecule has 0 bridgehead atoms. The number of amidine groups is 1. The Balaban J connectivity index is 2.47. The lowest BCUT2D eigenvalue weighted by molar-refractivity contribution is 0.135. The average Bonchev–Trinajstić information content (AvgIpc) is 2.28. The van der Waals surface area contributed by atoms with E-state index in [1.165, 1.54) is 25.7 Å². The van der Waals surface area contributed by atoms with Crippen LogP contribution in [0.5, 0.6) is 0 Å². The molecule has 2 atom stereocenters. The van der Waals surface area contributed by atoms with Crippen molar-refractivity contribution in [2.24, 2.45) is 16.8 Å². The Kier molecular flexibility index (Phi) is 4.88. The third-order valence-corrected chi connectivity index (χ3v) is 3.35. The van der Waals surface area contributed by atoms with Crippen LogP contribution in [0.2, 0.25) is 0 Å². The van der Waals surface area contributed by atoms with Gasteiger partial charge in [0.05, 0.1) is 0 Å². The zero-order chi connectivity index (χ0) is 11.3. The van der Waals surface area contributed by atoms with E-state index in [4.69, 9.17) is 10.9 Å². The van der Waals surface area contributed by atoms with Gasteiger partial charge < -0.3 is 10.9 Å². The van der Waals surface area contributed by atoms with E-state index >= 15 is 0 Å². The molecule has 1 rings (SSSR count). The maximum absolute atomic E-state index is 8.60. The first-order valence-electron chi connectivity index (χ1n) is 5.90. The van der Waals surface area contributed by atoms with Crippen molar-refractivity contribution in [1.29, 1.82) is 0 Å². The second-order valence-electron chi connectivity index (χ2n) is 4.48. The number of likely N-dealkylation sites (tertiary alicyclic amines) is 1. The number of rotatable bonds is 4. The van der Waals surface area contributed by atoms with Crippen molar-refractivity contribution in [3.05, 3.63) is 0 Å². The van der Waals surface area contributed by atoms with Crippen molar-refractivity contribution in [1.82, 2.24) is 4.90 Å². The van der Waals surface area contributed by atoms with Crippen molar-refractivity contribution in [3.8, 4) is 0 Å². The lowest BCUT2D eigenvalue weighted by Crippen LogP contribution is -2.43. The zero-order valence-electron chi connectivity index (χ0n) is 9.82. The number of hydrogen-bond acceptors (Lipinski definition) is 3. The summed E-state index contributed by atoms with van der Waals surface area (Å²) in [7, 11) is 0. The molecule has 0 radical (unpaired) electrons. The SMILES string of the molecule is CCC1CCCCN1CC(C)/C(N)=N/O. The Bertz CT molecular complexity index is 218. The van der Waals surface area contributed by atoms with Crippen LogP contribution in [0.25, 0.3) is 0 Å². The molecule has 0 aliphatic carbocycles. The van der Waals surface area contributed by atoms with E-state index in [0.717, 1.165) is 13.1 Å². The van der Waals surface area contributed by atoms with E-state index in [9.17, 15) is 0 Å². The molecule has 0 aromatic carbocycles. The van der Waals surface area contributed by atoms with Crippen LogP contribution in [0, 0.1) is 5.92 Å². The Morgan fingerprint density at radius 1 is 1.60 bits per heavy atom. The summed E-state index contributed by atoms with van der Waals surface area (Å²) >= 11 is 0. The van der Waals surface area contributed by atoms with Gasteiger partial charge in [-0.05, 0) is 25.8 Å². The number of hydrogen-bond donors (Lipinski definition) is 2. The van der Waals surface area contributed by atoms with Gasteiger partial charge in [-0.25, -0.2) is 0 Å². The highest BCUT2D eigenvalue weighted by Gasteiger charge is 2.23. The number of nitrogens with zero attached hydrogens (tertiary/aromatic N) is 2. The minimum absolute atomic E-state index is 0.141. The van der Waals surface area contributed by atoms with E-state index in [2.05, 4.69) is 17.0 Å². The monoisotopic (exact) mass is 213 g/mol. The fourth-order valence-corrected chi connectivity index (χ4v) is 2.31. The van der Waals surface area contributed by atoms with Crippen LogP contribution in [0.4, 0.5) is 0 Å². The third-order valence-electron chi connectivity index (χ3n) is 3.35. The molecule has 4 nitrogen and oxygen atoms in total. The lowest BCUT2D eigenvalue weighted by atomic mass is 9.98. The van der Waals surface area contributed by atoms with Crippen LogP contribution in [0.15, 0.2) is 5.16 Å². The fourth-order valence-electron chi connectivity index (χ4n) is 2.31. The minimum Gasteiger partial charge on any atom is -0.409 e. The molecule has 2 unspecified atom stereocenters. The topological polar surface area (TPSA) is 61.8 Å². The summed E-state index contributed by atoms with van der Waals surface area (Å²) in [5, 5.41) is 11.7. The normalized spacial score (nSPS) is 26.5. The molecule has 1 fully saturated rings. The Hall–Kier alpha value is -0.770. The molecular weight excluding hydrogens is 190 g/mol. The van der Waals surface area contributed by atoms with Gasteiger partial charge in [-0.2, -0.15) is 0 Å². The quantitative estimate of drug-likeness (QED) is 0.323. The predicted molar refractivity (Wildman–Crippen MR) is 62.1 cm³/mol. The van der Waals surface area contributed by atoms with Crippen molar-refractivity contribution < 1.29 is 5.21 Å². The predicted octanol–water partition coefficient (Wildman–Crippen LogP) is 1.63. The summed E-state index contributed by atoms with van der Waals surface area (Å²) in [6.45, 7) is 6.31. The fraction of sp³-hybridized carbons (Fsp3) is 0.909. The molecule has 1 aliphatic rings. The maximum Gasteiger partial charge on any atom is 0.143 e. The Morgan fingerprint density at radius 2 is 2.33 bits per heavy atom. The van der Waals surface area contributed by atoms with Crippen molar-refractivity contribution >= 4 is 5.84 Å². The highest BCUT2D eigenvalue weighted by atomic mass is 16.4. The Labute approximate surface area is 92.1 Å². The second kappa shape index (κ2) is 5.95. The van der Waals surface area contributed by atoms with Gasteiger partial charge in [-0.15, -0.1) is 0 Å². The molecule has 1 aliphatic heterocycles. The van der Waals surface area contributed by atoms with Crippen LogP contribution >= 0.6 is 0 Å². The summed E-state index contributed by atoms with van der Waals surface area (Å²) in [5.41, 5.74) is 5.59. The van der Waals surface area contributed by atoms with E-state index in [1.54, 1.807) is 0 Å². The van der Waals surface area contributed by atoms with Gasteiger partial charge in [0.2, 0.25) is 0 Å². The van der Waals surface area contributed by atoms with E-state index in [1.807, 2.05) is 6.92 Å². The summed E-state index contributed by atoms with van der Waals surface area (Å²) in [4.78, 5) is 2.48. The molecule has 0 saturated carbocycles. The van der Waals surface area contributed by atoms with E-state index in [-0.39, 0.29) is 5.92 Å². The first-order valence-corrected chi connectivity index (χ1v) is 5.90. The van der Waals surface area contributed by atoms with Crippen LogP contribution in [-0.4, -0.2) is 35.1 Å². The molecule has 0 spiro atoms. The highest BCUT2D eigenvalue weighted by Crippen LogP contribution is 2.20. The summed E-state index contributed by atoms with van der Waals surface area (Å²) in [6, 6.07) is 0.688. The third kappa shape index (κ3) is 3.38. The average molecular weight is 213 g/mol. The molecule has 0 aromatic heterocycles. The second-order valence-corrected chi connectivity index (χ2v) is 4.48. The Morgan fingerprint density at radius 3 is 2.93 bits per heavy atom. The van der Waals surface area contributed by atoms with Gasteiger partial charge >= 0.3 is 0 Å². The number of piperidine rings is 1. The van der Waals surface area contributed by atoms with Gasteiger partial charge in [0.15, 0.2) is 0 Å². The van der Waals surface area contributed by atoms with Gasteiger partial charge in [-0.3, -0.25) is 4.90 Å². The van der Waals surface area contributed by atoms with Crippen molar-refractivity contribution in [2.45, 2.75) is 45.6 Å². The first-order chi connectivity index (χ1) is 7.19. The van der Waals surface area contributed by atoms with Crippen molar-refractivity contribution in [2.75, 3.05) is 13.1 Å². The number of oxime groups is 1. The van der Waals surface area contributed by atoms with Crippen LogP contribution < -0.4 is 5.73 Å². The molecule has 0 aromatic rings. The van der Waals surface area contributed by atoms with Crippen LogP contribution in [0.3, 0.4) is 0 Å². The molecule has 1 saturated heterocycles. The molecule has 88 valence electrons. The van der Waals surface area contributed by atoms with Crippen LogP contribution in [-0.2, 0) is 0 Å². The van der Waals surface area contributed by atoms with Gasteiger partial charge in [0.1, 0.15) is 5.84 Å². The van der Waals surface area contributed by atoms with E-state index in [0.29, 0.717) is 11.9 Å². The standard InChI is InChI=1S/C11H23N3O/c1-3-10-6-4-5-7-14(10)8-9(2)11(12)13-15/h9-10,15H,3-8H2,1-2H3,(H2,12,13). The van der Waals surface area contributed by atoms with Crippen molar-refractivity contribution in [3.63, 3.8) is 0 Å². The van der Waals surface area contributed by atoms with Crippen LogP contribution in [0.1, 0.15) is 39.5 Å². The number of nitrogens with two attached hydrogens (primary N) is 1. The van der Waals surface area contributed by atoms with Gasteiger partial charge in [0.25, 0.3) is 0 Å². The molecule has 3 N–H and O–H groups in total. The molecule has 4 heteroatoms. The van der Waals surface area contributed by atoms with Gasteiger partial charge in [0, 0.05) is 18.5 Å². The first kappa shape index (κ1) is 12.3.